The van der Waals surface area contributed by atoms with E-state index in [4.69, 9.17) is 23.2 Å². The average Bonchev–Trinajstić information content (AvgIpc) is 2.90. The van der Waals surface area contributed by atoms with Crippen molar-refractivity contribution in [3.05, 3.63) is 128 Å². The molecule has 2 heterocycles. The van der Waals surface area contributed by atoms with Gasteiger partial charge >= 0.3 is 0 Å². The summed E-state index contributed by atoms with van der Waals surface area (Å²) in [6, 6.07) is 28.8. The smallest absolute Gasteiger partial charge is 0.287 e. The largest absolute Gasteiger partial charge is 0.366 e. The van der Waals surface area contributed by atoms with Gasteiger partial charge in [0.1, 0.15) is 5.02 Å². The molecule has 35 heavy (non-hydrogen) atoms. The summed E-state index contributed by atoms with van der Waals surface area (Å²) in [6.07, 6.45) is 1.70. The van der Waals surface area contributed by atoms with E-state index in [-0.39, 0.29) is 23.2 Å². The lowest BCUT2D eigenvalue weighted by atomic mass is 9.96. The maximum Gasteiger partial charge on any atom is 0.287 e. The van der Waals surface area contributed by atoms with Crippen LogP contribution in [0, 0.1) is 0 Å². The summed E-state index contributed by atoms with van der Waals surface area (Å²) < 4.78 is 1.37. The van der Waals surface area contributed by atoms with E-state index in [0.29, 0.717) is 10.7 Å². The monoisotopic (exact) mass is 504 g/mol. The van der Waals surface area contributed by atoms with E-state index in [2.05, 4.69) is 63.4 Å². The summed E-state index contributed by atoms with van der Waals surface area (Å²) in [5.41, 5.74) is 3.75. The van der Waals surface area contributed by atoms with Gasteiger partial charge in [-0.05, 0) is 22.8 Å². The summed E-state index contributed by atoms with van der Waals surface area (Å²) in [7, 11) is 0. The highest BCUT2D eigenvalue weighted by atomic mass is 35.5. The zero-order chi connectivity index (χ0) is 24.2. The molecule has 1 aliphatic rings. The normalized spacial score (nSPS) is 14.4. The van der Waals surface area contributed by atoms with Crippen molar-refractivity contribution in [2.24, 2.45) is 0 Å². The van der Waals surface area contributed by atoms with Crippen LogP contribution in [0.2, 0.25) is 10.0 Å². The van der Waals surface area contributed by atoms with E-state index >= 15 is 0 Å². The van der Waals surface area contributed by atoms with Gasteiger partial charge in [0.25, 0.3) is 5.56 Å². The molecular formula is C28H26Cl2N4O. The Morgan fingerprint density at radius 3 is 1.94 bits per heavy atom. The first-order valence-electron chi connectivity index (χ1n) is 11.7. The van der Waals surface area contributed by atoms with Crippen molar-refractivity contribution in [1.29, 1.82) is 0 Å². The fourth-order valence-electron chi connectivity index (χ4n) is 4.68. The number of nitrogens with zero attached hydrogens (tertiary/aromatic N) is 4. The van der Waals surface area contributed by atoms with Crippen LogP contribution in [-0.2, 0) is 6.54 Å². The molecule has 1 fully saturated rings. The van der Waals surface area contributed by atoms with Crippen molar-refractivity contribution in [2.75, 3.05) is 31.1 Å². The van der Waals surface area contributed by atoms with E-state index in [1.165, 1.54) is 15.8 Å². The van der Waals surface area contributed by atoms with Crippen molar-refractivity contribution in [3.8, 4) is 0 Å². The molecule has 0 spiro atoms. The Balaban J connectivity index is 1.34. The number of piperazine rings is 1. The first-order chi connectivity index (χ1) is 17.1. The van der Waals surface area contributed by atoms with Crippen LogP contribution in [0.5, 0.6) is 0 Å². The summed E-state index contributed by atoms with van der Waals surface area (Å²) in [5, 5.41) is 5.20. The van der Waals surface area contributed by atoms with Crippen LogP contribution in [0.25, 0.3) is 0 Å². The highest BCUT2D eigenvalue weighted by Crippen LogP contribution is 2.31. The van der Waals surface area contributed by atoms with Gasteiger partial charge in [0.15, 0.2) is 0 Å². The molecule has 5 nitrogen and oxygen atoms in total. The predicted octanol–water partition coefficient (Wildman–Crippen LogP) is 5.51. The van der Waals surface area contributed by atoms with Gasteiger partial charge in [0, 0.05) is 31.2 Å². The Bertz CT molecular complexity index is 1300. The molecule has 1 aliphatic heterocycles. The Morgan fingerprint density at radius 1 is 0.771 bits per heavy atom. The van der Waals surface area contributed by atoms with Gasteiger partial charge in [-0.1, -0.05) is 102 Å². The quantitative estimate of drug-likeness (QED) is 0.347. The highest BCUT2D eigenvalue weighted by molar-refractivity contribution is 6.33. The Labute approximate surface area is 215 Å². The fourth-order valence-corrected chi connectivity index (χ4v) is 5.14. The molecular weight excluding hydrogens is 479 g/mol. The van der Waals surface area contributed by atoms with Crippen molar-refractivity contribution >= 4 is 28.9 Å². The Morgan fingerprint density at radius 2 is 1.34 bits per heavy atom. The molecule has 1 saturated heterocycles. The van der Waals surface area contributed by atoms with E-state index < -0.39 is 0 Å². The number of benzene rings is 3. The second kappa shape index (κ2) is 10.6. The summed E-state index contributed by atoms with van der Waals surface area (Å²) in [4.78, 5) is 17.6. The van der Waals surface area contributed by atoms with E-state index in [9.17, 15) is 4.79 Å². The maximum atomic E-state index is 13.0. The SMILES string of the molecule is O=c1c(Cl)c(N2CCN(C(c3ccccc3)c3ccccc3)CC2)cnn1Cc1ccccc1Cl. The van der Waals surface area contributed by atoms with Gasteiger partial charge < -0.3 is 4.90 Å². The maximum absolute atomic E-state index is 13.0. The van der Waals surface area contributed by atoms with Crippen molar-refractivity contribution in [2.45, 2.75) is 12.6 Å². The second-order valence-corrected chi connectivity index (χ2v) is 9.43. The van der Waals surface area contributed by atoms with Gasteiger partial charge in [-0.2, -0.15) is 5.10 Å². The number of aromatic nitrogens is 2. The van der Waals surface area contributed by atoms with Crippen molar-refractivity contribution in [1.82, 2.24) is 14.7 Å². The second-order valence-electron chi connectivity index (χ2n) is 8.64. The molecule has 1 aromatic heterocycles. The van der Waals surface area contributed by atoms with Crippen molar-refractivity contribution < 1.29 is 0 Å². The zero-order valence-corrected chi connectivity index (χ0v) is 20.7. The molecule has 4 aromatic rings. The molecule has 0 N–H and O–H groups in total. The minimum atomic E-state index is -0.307. The van der Waals surface area contributed by atoms with Gasteiger partial charge in [-0.15, -0.1) is 0 Å². The minimum absolute atomic E-state index is 0.178. The molecule has 0 aliphatic carbocycles. The Kier molecular flexibility index (Phi) is 7.19. The molecule has 3 aromatic carbocycles. The molecule has 7 heteroatoms. The van der Waals surface area contributed by atoms with Crippen LogP contribution in [0.3, 0.4) is 0 Å². The molecule has 178 valence electrons. The van der Waals surface area contributed by atoms with Gasteiger partial charge in [0.2, 0.25) is 0 Å². The standard InChI is InChI=1S/C28H26Cl2N4O/c29-24-14-8-7-13-23(24)20-34-28(35)26(30)25(19-31-34)32-15-17-33(18-16-32)27(21-9-3-1-4-10-21)22-11-5-2-6-12-22/h1-14,19,27H,15-18,20H2. The minimum Gasteiger partial charge on any atom is -0.366 e. The molecule has 5 rings (SSSR count). The molecule has 0 saturated carbocycles. The molecule has 0 atom stereocenters. The summed E-state index contributed by atoms with van der Waals surface area (Å²) >= 11 is 12.8. The van der Waals surface area contributed by atoms with E-state index in [0.717, 1.165) is 31.7 Å². The molecule has 0 unspecified atom stereocenters. The summed E-state index contributed by atoms with van der Waals surface area (Å²) in [6.45, 7) is 3.47. The van der Waals surface area contributed by atoms with Crippen molar-refractivity contribution in [3.63, 3.8) is 0 Å². The molecule has 0 amide bonds. The van der Waals surface area contributed by atoms with Crippen LogP contribution < -0.4 is 10.5 Å². The van der Waals surface area contributed by atoms with Gasteiger partial charge in [-0.25, -0.2) is 4.68 Å². The third kappa shape index (κ3) is 5.13. The summed E-state index contributed by atoms with van der Waals surface area (Å²) in [5.74, 6) is 0. The molecule has 0 radical (unpaired) electrons. The lowest BCUT2D eigenvalue weighted by Gasteiger charge is -2.40. The van der Waals surface area contributed by atoms with Crippen LogP contribution in [-0.4, -0.2) is 40.9 Å². The van der Waals surface area contributed by atoms with E-state index in [1.807, 2.05) is 30.3 Å². The number of halogens is 2. The van der Waals surface area contributed by atoms with Gasteiger partial charge in [0.05, 0.1) is 24.5 Å². The number of hydrogen-bond acceptors (Lipinski definition) is 4. The molecule has 0 bridgehead atoms. The highest BCUT2D eigenvalue weighted by Gasteiger charge is 2.28. The topological polar surface area (TPSA) is 41.4 Å². The fraction of sp³-hybridized carbons (Fsp3) is 0.214. The lowest BCUT2D eigenvalue weighted by Crippen LogP contribution is -2.48. The third-order valence-corrected chi connectivity index (χ3v) is 7.22. The Hall–Kier alpha value is -3.12. The van der Waals surface area contributed by atoms with Crippen LogP contribution in [0.1, 0.15) is 22.7 Å². The van der Waals surface area contributed by atoms with E-state index in [1.54, 1.807) is 12.3 Å². The number of rotatable bonds is 6. The van der Waals surface area contributed by atoms with Gasteiger partial charge in [-0.3, -0.25) is 9.69 Å². The van der Waals surface area contributed by atoms with Crippen LogP contribution >= 0.6 is 23.2 Å². The first kappa shape index (κ1) is 23.6. The third-order valence-electron chi connectivity index (χ3n) is 6.50. The first-order valence-corrected chi connectivity index (χ1v) is 12.5. The predicted molar refractivity (Wildman–Crippen MR) is 143 cm³/mol. The zero-order valence-electron chi connectivity index (χ0n) is 19.2. The lowest BCUT2D eigenvalue weighted by molar-refractivity contribution is 0.212. The number of hydrogen-bond donors (Lipinski definition) is 0. The van der Waals surface area contributed by atoms with Crippen LogP contribution in [0.4, 0.5) is 5.69 Å². The van der Waals surface area contributed by atoms with Crippen LogP contribution in [0.15, 0.2) is 95.9 Å². The number of anilines is 1. The average molecular weight is 505 g/mol.